The molecule has 0 fully saturated rings. The summed E-state index contributed by atoms with van der Waals surface area (Å²) in [6, 6.07) is 21.0. The van der Waals surface area contributed by atoms with Crippen molar-refractivity contribution >= 4 is 38.9 Å². The highest BCUT2D eigenvalue weighted by molar-refractivity contribution is 9.10. The van der Waals surface area contributed by atoms with Crippen molar-refractivity contribution in [3.8, 4) is 0 Å². The second kappa shape index (κ2) is 7.27. The van der Waals surface area contributed by atoms with Gasteiger partial charge in [-0.3, -0.25) is 4.79 Å². The van der Waals surface area contributed by atoms with Gasteiger partial charge in [0.2, 0.25) is 0 Å². The standard InChI is InChI=1S/C19H16BrN3O/c1-23(16-8-3-2-4-9-16)17-10-11-18(21-13-17)19(24)22-15-7-5-6-14(20)12-15/h2-13H,1H3,(H,22,24). The van der Waals surface area contributed by atoms with E-state index in [1.54, 1.807) is 12.3 Å². The fourth-order valence-corrected chi connectivity index (χ4v) is 2.68. The third kappa shape index (κ3) is 3.81. The number of halogens is 1. The second-order valence-electron chi connectivity index (χ2n) is 5.26. The van der Waals surface area contributed by atoms with Gasteiger partial charge < -0.3 is 10.2 Å². The number of anilines is 3. The van der Waals surface area contributed by atoms with Gasteiger partial charge in [-0.2, -0.15) is 0 Å². The Morgan fingerprint density at radius 3 is 2.46 bits per heavy atom. The number of amides is 1. The summed E-state index contributed by atoms with van der Waals surface area (Å²) in [6.07, 6.45) is 1.70. The molecular formula is C19H16BrN3O. The largest absolute Gasteiger partial charge is 0.343 e. The Hall–Kier alpha value is -2.66. The predicted molar refractivity (Wildman–Crippen MR) is 101 cm³/mol. The molecule has 1 heterocycles. The number of hydrogen-bond acceptors (Lipinski definition) is 3. The molecule has 120 valence electrons. The van der Waals surface area contributed by atoms with Crippen LogP contribution in [0.3, 0.4) is 0 Å². The minimum atomic E-state index is -0.234. The predicted octanol–water partition coefficient (Wildman–Crippen LogP) is 4.86. The molecule has 0 aliphatic rings. The van der Waals surface area contributed by atoms with Crippen LogP contribution in [0.2, 0.25) is 0 Å². The number of hydrogen-bond donors (Lipinski definition) is 1. The number of nitrogens with zero attached hydrogens (tertiary/aromatic N) is 2. The van der Waals surface area contributed by atoms with Gasteiger partial charge in [-0.25, -0.2) is 4.98 Å². The molecule has 0 bridgehead atoms. The number of benzene rings is 2. The Labute approximate surface area is 149 Å². The Morgan fingerprint density at radius 1 is 1.00 bits per heavy atom. The summed E-state index contributed by atoms with van der Waals surface area (Å²) in [7, 11) is 1.97. The summed E-state index contributed by atoms with van der Waals surface area (Å²) in [5, 5.41) is 2.83. The number of aromatic nitrogens is 1. The van der Waals surface area contributed by atoms with E-state index in [-0.39, 0.29) is 5.91 Å². The molecule has 24 heavy (non-hydrogen) atoms. The fraction of sp³-hybridized carbons (Fsp3) is 0.0526. The van der Waals surface area contributed by atoms with Crippen molar-refractivity contribution in [2.45, 2.75) is 0 Å². The van der Waals surface area contributed by atoms with Gasteiger partial charge in [-0.15, -0.1) is 0 Å². The van der Waals surface area contributed by atoms with Crippen molar-refractivity contribution in [1.29, 1.82) is 0 Å². The average Bonchev–Trinajstić information content (AvgIpc) is 2.62. The maximum atomic E-state index is 12.3. The van der Waals surface area contributed by atoms with Crippen molar-refractivity contribution < 1.29 is 4.79 Å². The molecule has 0 saturated carbocycles. The number of nitrogens with one attached hydrogen (secondary N) is 1. The molecule has 1 N–H and O–H groups in total. The smallest absolute Gasteiger partial charge is 0.274 e. The van der Waals surface area contributed by atoms with Crippen LogP contribution in [0, 0.1) is 0 Å². The van der Waals surface area contributed by atoms with Gasteiger partial charge in [0, 0.05) is 22.9 Å². The Morgan fingerprint density at radius 2 is 1.79 bits per heavy atom. The molecule has 1 aromatic heterocycles. The van der Waals surface area contributed by atoms with Gasteiger partial charge in [-0.1, -0.05) is 40.2 Å². The van der Waals surface area contributed by atoms with E-state index in [1.165, 1.54) is 0 Å². The number of pyridine rings is 1. The van der Waals surface area contributed by atoms with Crippen LogP contribution in [0.5, 0.6) is 0 Å². The Bertz CT molecular complexity index is 835. The van der Waals surface area contributed by atoms with E-state index in [4.69, 9.17) is 0 Å². The monoisotopic (exact) mass is 381 g/mol. The van der Waals surface area contributed by atoms with Crippen molar-refractivity contribution in [3.05, 3.63) is 83.1 Å². The molecule has 3 aromatic rings. The average molecular weight is 382 g/mol. The molecule has 0 radical (unpaired) electrons. The lowest BCUT2D eigenvalue weighted by Gasteiger charge is -2.19. The van der Waals surface area contributed by atoms with Gasteiger partial charge >= 0.3 is 0 Å². The van der Waals surface area contributed by atoms with E-state index < -0.39 is 0 Å². The van der Waals surface area contributed by atoms with Gasteiger partial charge in [0.25, 0.3) is 5.91 Å². The third-order valence-electron chi connectivity index (χ3n) is 3.59. The van der Waals surface area contributed by atoms with Crippen LogP contribution in [-0.2, 0) is 0 Å². The first-order valence-electron chi connectivity index (χ1n) is 7.45. The van der Waals surface area contributed by atoms with Crippen LogP contribution in [-0.4, -0.2) is 17.9 Å². The SMILES string of the molecule is CN(c1ccccc1)c1ccc(C(=O)Nc2cccc(Br)c2)nc1. The minimum Gasteiger partial charge on any atom is -0.343 e. The zero-order valence-electron chi connectivity index (χ0n) is 13.1. The normalized spacial score (nSPS) is 10.2. The maximum Gasteiger partial charge on any atom is 0.274 e. The van der Waals surface area contributed by atoms with E-state index in [1.807, 2.05) is 72.6 Å². The highest BCUT2D eigenvalue weighted by atomic mass is 79.9. The van der Waals surface area contributed by atoms with Crippen LogP contribution in [0.25, 0.3) is 0 Å². The molecule has 1 amide bonds. The molecule has 4 nitrogen and oxygen atoms in total. The van der Waals surface area contributed by atoms with Crippen LogP contribution >= 0.6 is 15.9 Å². The molecule has 0 spiro atoms. The third-order valence-corrected chi connectivity index (χ3v) is 4.09. The van der Waals surface area contributed by atoms with Gasteiger partial charge in [-0.05, 0) is 42.5 Å². The van der Waals surface area contributed by atoms with E-state index in [9.17, 15) is 4.79 Å². The van der Waals surface area contributed by atoms with Crippen LogP contribution in [0.4, 0.5) is 17.1 Å². The zero-order valence-corrected chi connectivity index (χ0v) is 14.7. The zero-order chi connectivity index (χ0) is 16.9. The Kier molecular flexibility index (Phi) is 4.91. The number of carbonyl (C=O) groups is 1. The van der Waals surface area contributed by atoms with Crippen molar-refractivity contribution in [3.63, 3.8) is 0 Å². The van der Waals surface area contributed by atoms with Crippen LogP contribution in [0.15, 0.2) is 77.4 Å². The van der Waals surface area contributed by atoms with E-state index in [0.29, 0.717) is 5.69 Å². The minimum absolute atomic E-state index is 0.234. The first kappa shape index (κ1) is 16.2. The summed E-state index contributed by atoms with van der Waals surface area (Å²) in [6.45, 7) is 0. The van der Waals surface area contributed by atoms with E-state index >= 15 is 0 Å². The van der Waals surface area contributed by atoms with E-state index in [2.05, 4.69) is 26.2 Å². The summed E-state index contributed by atoms with van der Waals surface area (Å²) in [5.41, 5.74) is 3.08. The summed E-state index contributed by atoms with van der Waals surface area (Å²) in [5.74, 6) is -0.234. The first-order chi connectivity index (χ1) is 11.6. The highest BCUT2D eigenvalue weighted by Crippen LogP contribution is 2.22. The van der Waals surface area contributed by atoms with Crippen molar-refractivity contribution in [2.75, 3.05) is 17.3 Å². The number of rotatable bonds is 4. The van der Waals surface area contributed by atoms with E-state index in [0.717, 1.165) is 21.5 Å². The first-order valence-corrected chi connectivity index (χ1v) is 8.24. The molecule has 3 rings (SSSR count). The summed E-state index contributed by atoms with van der Waals surface area (Å²) < 4.78 is 0.910. The topological polar surface area (TPSA) is 45.2 Å². The summed E-state index contributed by atoms with van der Waals surface area (Å²) >= 11 is 3.38. The second-order valence-corrected chi connectivity index (χ2v) is 6.18. The molecular weight excluding hydrogens is 366 g/mol. The van der Waals surface area contributed by atoms with Crippen LogP contribution < -0.4 is 10.2 Å². The molecule has 5 heteroatoms. The highest BCUT2D eigenvalue weighted by Gasteiger charge is 2.10. The fourth-order valence-electron chi connectivity index (χ4n) is 2.28. The molecule has 0 aliphatic heterocycles. The lowest BCUT2D eigenvalue weighted by atomic mass is 10.2. The van der Waals surface area contributed by atoms with Gasteiger partial charge in [0.05, 0.1) is 11.9 Å². The number of para-hydroxylation sites is 1. The summed E-state index contributed by atoms with van der Waals surface area (Å²) in [4.78, 5) is 18.6. The molecule has 0 atom stereocenters. The van der Waals surface area contributed by atoms with Crippen LogP contribution in [0.1, 0.15) is 10.5 Å². The van der Waals surface area contributed by atoms with Gasteiger partial charge in [0.15, 0.2) is 0 Å². The molecule has 2 aromatic carbocycles. The quantitative estimate of drug-likeness (QED) is 0.701. The molecule has 0 unspecified atom stereocenters. The molecule has 0 aliphatic carbocycles. The molecule has 0 saturated heterocycles. The lowest BCUT2D eigenvalue weighted by molar-refractivity contribution is 0.102. The lowest BCUT2D eigenvalue weighted by Crippen LogP contribution is -2.15. The maximum absolute atomic E-state index is 12.3. The number of carbonyl (C=O) groups excluding carboxylic acids is 1. The Balaban J connectivity index is 1.73. The van der Waals surface area contributed by atoms with Crippen molar-refractivity contribution in [2.24, 2.45) is 0 Å². The van der Waals surface area contributed by atoms with Gasteiger partial charge in [0.1, 0.15) is 5.69 Å². The van der Waals surface area contributed by atoms with Crippen molar-refractivity contribution in [1.82, 2.24) is 4.98 Å².